The summed E-state index contributed by atoms with van der Waals surface area (Å²) in [4.78, 5) is 28.7. The van der Waals surface area contributed by atoms with E-state index in [0.29, 0.717) is 16.3 Å². The molecule has 2 amide bonds. The molecule has 0 aliphatic rings. The van der Waals surface area contributed by atoms with Gasteiger partial charge >= 0.3 is 0 Å². The highest BCUT2D eigenvalue weighted by atomic mass is 35.5. The number of nitrogens with one attached hydrogen (secondary N) is 2. The third-order valence-corrected chi connectivity index (χ3v) is 4.50. The van der Waals surface area contributed by atoms with Gasteiger partial charge < -0.3 is 10.6 Å². The van der Waals surface area contributed by atoms with Crippen molar-refractivity contribution in [1.29, 1.82) is 0 Å². The third kappa shape index (κ3) is 4.72. The Morgan fingerprint density at radius 1 is 1.04 bits per heavy atom. The van der Waals surface area contributed by atoms with Gasteiger partial charge in [-0.05, 0) is 36.8 Å². The molecule has 7 heteroatoms. The lowest BCUT2D eigenvalue weighted by Crippen LogP contribution is -2.24. The maximum Gasteiger partial charge on any atom is 0.257 e. The van der Waals surface area contributed by atoms with Gasteiger partial charge in [-0.15, -0.1) is 0 Å². The van der Waals surface area contributed by atoms with Crippen molar-refractivity contribution in [3.8, 4) is 0 Å². The standard InChI is InChI=1S/C21H17ClFN3O2/c1-13-6-7-17(9-18(13)22)26-21(28)16-8-15(10-24-11-16)20(27)25-12-14-4-2-3-5-19(14)23/h2-11H,12H2,1H3,(H,25,27)(H,26,28). The predicted octanol–water partition coefficient (Wildman–Crippen LogP) is 4.36. The van der Waals surface area contributed by atoms with Crippen LogP contribution in [0.3, 0.4) is 0 Å². The Morgan fingerprint density at radius 2 is 1.75 bits per heavy atom. The van der Waals surface area contributed by atoms with Gasteiger partial charge in [0.15, 0.2) is 0 Å². The highest BCUT2D eigenvalue weighted by Crippen LogP contribution is 2.20. The van der Waals surface area contributed by atoms with E-state index in [4.69, 9.17) is 11.6 Å². The molecule has 0 saturated heterocycles. The van der Waals surface area contributed by atoms with Gasteiger partial charge in [0, 0.05) is 35.2 Å². The Hall–Kier alpha value is -3.25. The molecule has 28 heavy (non-hydrogen) atoms. The molecule has 1 aromatic heterocycles. The van der Waals surface area contributed by atoms with E-state index in [2.05, 4.69) is 15.6 Å². The monoisotopic (exact) mass is 397 g/mol. The fourth-order valence-electron chi connectivity index (χ4n) is 2.48. The SMILES string of the molecule is Cc1ccc(NC(=O)c2cncc(C(=O)NCc3ccccc3F)c2)cc1Cl. The van der Waals surface area contributed by atoms with E-state index in [1.807, 2.05) is 6.92 Å². The molecule has 142 valence electrons. The highest BCUT2D eigenvalue weighted by Gasteiger charge is 2.13. The molecule has 0 unspecified atom stereocenters. The lowest BCUT2D eigenvalue weighted by atomic mass is 10.1. The molecule has 3 rings (SSSR count). The molecule has 5 nitrogen and oxygen atoms in total. The number of benzene rings is 2. The van der Waals surface area contributed by atoms with Crippen molar-refractivity contribution in [2.75, 3.05) is 5.32 Å². The number of hydrogen-bond donors (Lipinski definition) is 2. The van der Waals surface area contributed by atoms with Crippen molar-refractivity contribution in [2.45, 2.75) is 13.5 Å². The van der Waals surface area contributed by atoms with Gasteiger partial charge in [0.2, 0.25) is 0 Å². The van der Waals surface area contributed by atoms with Crippen molar-refractivity contribution in [2.24, 2.45) is 0 Å². The van der Waals surface area contributed by atoms with Gasteiger partial charge in [0.1, 0.15) is 5.82 Å². The Labute approximate surface area is 166 Å². The summed E-state index contributed by atoms with van der Waals surface area (Å²) in [5.41, 5.74) is 2.22. The zero-order chi connectivity index (χ0) is 20.1. The molecule has 3 aromatic rings. The summed E-state index contributed by atoms with van der Waals surface area (Å²) < 4.78 is 13.6. The second kappa shape index (κ2) is 8.63. The van der Waals surface area contributed by atoms with Crippen LogP contribution in [0, 0.1) is 12.7 Å². The fraction of sp³-hybridized carbons (Fsp3) is 0.0952. The van der Waals surface area contributed by atoms with E-state index >= 15 is 0 Å². The summed E-state index contributed by atoms with van der Waals surface area (Å²) in [5, 5.41) is 5.87. The first-order chi connectivity index (χ1) is 13.4. The molecule has 1 heterocycles. The molecular weight excluding hydrogens is 381 g/mol. The zero-order valence-electron chi connectivity index (χ0n) is 15.0. The van der Waals surface area contributed by atoms with Crippen molar-refractivity contribution < 1.29 is 14.0 Å². The van der Waals surface area contributed by atoms with E-state index in [1.54, 1.807) is 36.4 Å². The second-order valence-corrected chi connectivity index (χ2v) is 6.56. The van der Waals surface area contributed by atoms with Crippen LogP contribution in [-0.4, -0.2) is 16.8 Å². The molecular formula is C21H17ClFN3O2. The van der Waals surface area contributed by atoms with Crippen LogP contribution in [0.15, 0.2) is 60.9 Å². The van der Waals surface area contributed by atoms with Gasteiger partial charge in [0.25, 0.3) is 11.8 Å². The van der Waals surface area contributed by atoms with Gasteiger partial charge in [-0.2, -0.15) is 0 Å². The average Bonchev–Trinajstić information content (AvgIpc) is 2.70. The number of amides is 2. The number of nitrogens with zero attached hydrogens (tertiary/aromatic N) is 1. The largest absolute Gasteiger partial charge is 0.348 e. The summed E-state index contributed by atoms with van der Waals surface area (Å²) in [7, 11) is 0. The van der Waals surface area contributed by atoms with Crippen LogP contribution in [0.1, 0.15) is 31.8 Å². The molecule has 0 aliphatic carbocycles. The number of halogens is 2. The van der Waals surface area contributed by atoms with Crippen molar-refractivity contribution in [1.82, 2.24) is 10.3 Å². The molecule has 0 atom stereocenters. The maximum atomic E-state index is 13.6. The van der Waals surface area contributed by atoms with Crippen LogP contribution in [0.5, 0.6) is 0 Å². The number of hydrogen-bond acceptors (Lipinski definition) is 3. The number of pyridine rings is 1. The Balaban J connectivity index is 1.68. The lowest BCUT2D eigenvalue weighted by Gasteiger charge is -2.09. The number of carbonyl (C=O) groups excluding carboxylic acids is 2. The summed E-state index contributed by atoms with van der Waals surface area (Å²) in [5.74, 6) is -1.27. The smallest absolute Gasteiger partial charge is 0.257 e. The van der Waals surface area contributed by atoms with Crippen LogP contribution < -0.4 is 10.6 Å². The minimum atomic E-state index is -0.455. The molecule has 0 radical (unpaired) electrons. The number of anilines is 1. The average molecular weight is 398 g/mol. The molecule has 0 saturated carbocycles. The van der Waals surface area contributed by atoms with E-state index in [-0.39, 0.29) is 17.7 Å². The lowest BCUT2D eigenvalue weighted by molar-refractivity contribution is 0.0950. The van der Waals surface area contributed by atoms with E-state index in [1.165, 1.54) is 24.5 Å². The first-order valence-corrected chi connectivity index (χ1v) is 8.86. The first kappa shape index (κ1) is 19.5. The predicted molar refractivity (Wildman–Crippen MR) is 106 cm³/mol. The van der Waals surface area contributed by atoms with Gasteiger partial charge in [-0.3, -0.25) is 14.6 Å². The number of rotatable bonds is 5. The van der Waals surface area contributed by atoms with Crippen LogP contribution in [0.25, 0.3) is 0 Å². The summed E-state index contributed by atoms with van der Waals surface area (Å²) >= 11 is 6.06. The minimum Gasteiger partial charge on any atom is -0.348 e. The number of carbonyl (C=O) groups is 2. The quantitative estimate of drug-likeness (QED) is 0.671. The van der Waals surface area contributed by atoms with Crippen molar-refractivity contribution in [3.05, 3.63) is 94.0 Å². The topological polar surface area (TPSA) is 71.1 Å². The molecule has 2 aromatic carbocycles. The minimum absolute atomic E-state index is 0.0315. The fourth-order valence-corrected chi connectivity index (χ4v) is 2.66. The summed E-state index contributed by atoms with van der Waals surface area (Å²) in [6, 6.07) is 12.8. The van der Waals surface area contributed by atoms with Crippen LogP contribution in [0.2, 0.25) is 5.02 Å². The normalized spacial score (nSPS) is 10.4. The van der Waals surface area contributed by atoms with E-state index in [0.717, 1.165) is 5.56 Å². The Kier molecular flexibility index (Phi) is 6.01. The zero-order valence-corrected chi connectivity index (χ0v) is 15.8. The molecule has 0 bridgehead atoms. The van der Waals surface area contributed by atoms with Crippen molar-refractivity contribution in [3.63, 3.8) is 0 Å². The van der Waals surface area contributed by atoms with Crippen LogP contribution >= 0.6 is 11.6 Å². The second-order valence-electron chi connectivity index (χ2n) is 6.15. The Morgan fingerprint density at radius 3 is 2.46 bits per heavy atom. The maximum absolute atomic E-state index is 13.6. The van der Waals surface area contributed by atoms with E-state index in [9.17, 15) is 14.0 Å². The first-order valence-electron chi connectivity index (χ1n) is 8.48. The molecule has 0 fully saturated rings. The van der Waals surface area contributed by atoms with E-state index < -0.39 is 17.6 Å². The van der Waals surface area contributed by atoms with Crippen LogP contribution in [-0.2, 0) is 6.54 Å². The van der Waals surface area contributed by atoms with Crippen molar-refractivity contribution >= 4 is 29.1 Å². The number of aryl methyl sites for hydroxylation is 1. The molecule has 0 aliphatic heterocycles. The van der Waals surface area contributed by atoms with Crippen LogP contribution in [0.4, 0.5) is 10.1 Å². The Bertz CT molecular complexity index is 1040. The summed E-state index contributed by atoms with van der Waals surface area (Å²) in [6.45, 7) is 1.89. The molecule has 0 spiro atoms. The third-order valence-electron chi connectivity index (χ3n) is 4.09. The van der Waals surface area contributed by atoms with Gasteiger partial charge in [-0.25, -0.2) is 4.39 Å². The molecule has 2 N–H and O–H groups in total. The van der Waals surface area contributed by atoms with Gasteiger partial charge in [0.05, 0.1) is 11.1 Å². The van der Waals surface area contributed by atoms with Gasteiger partial charge in [-0.1, -0.05) is 35.9 Å². The highest BCUT2D eigenvalue weighted by molar-refractivity contribution is 6.31. The summed E-state index contributed by atoms with van der Waals surface area (Å²) in [6.07, 6.45) is 2.70. The number of aromatic nitrogens is 1.